The molecule has 3 aromatic heterocycles. The average molecular weight is 655 g/mol. The van der Waals surface area contributed by atoms with Crippen molar-refractivity contribution in [1.82, 2.24) is 29.3 Å². The molecule has 7 rings (SSSR count). The SMILES string of the molecule is O=C(Cc1ncn2c1C[C@@H](F)C2)N(c1nccs1)n1cc2c(Cl)cc(-c3ccc(CCN4CCC(O)CC4)cc3)c(Cl)c2n1. The molecule has 1 saturated heterocycles. The summed E-state index contributed by atoms with van der Waals surface area (Å²) >= 11 is 15.0. The van der Waals surface area contributed by atoms with Crippen molar-refractivity contribution in [3.63, 3.8) is 0 Å². The fourth-order valence-electron chi connectivity index (χ4n) is 6.01. The summed E-state index contributed by atoms with van der Waals surface area (Å²) < 4.78 is 15.8. The molecule has 44 heavy (non-hydrogen) atoms. The fraction of sp³-hybridized carbons (Fsp3) is 0.355. The predicted molar refractivity (Wildman–Crippen MR) is 170 cm³/mol. The molecule has 1 fully saturated rings. The summed E-state index contributed by atoms with van der Waals surface area (Å²) in [4.78, 5) is 26.3. The molecular weight excluding hydrogens is 624 g/mol. The van der Waals surface area contributed by atoms with Crippen LogP contribution in [0.3, 0.4) is 0 Å². The molecule has 5 heterocycles. The second kappa shape index (κ2) is 12.2. The number of likely N-dealkylation sites (tertiary alicyclic amines) is 1. The lowest BCUT2D eigenvalue weighted by atomic mass is 10.0. The number of rotatable bonds is 8. The number of benzene rings is 2. The number of thiazole rings is 1. The van der Waals surface area contributed by atoms with Gasteiger partial charge in [0.25, 0.3) is 5.91 Å². The van der Waals surface area contributed by atoms with E-state index in [9.17, 15) is 14.3 Å². The molecule has 1 amide bonds. The average Bonchev–Trinajstić information content (AvgIpc) is 3.82. The van der Waals surface area contributed by atoms with Crippen LogP contribution in [0.15, 0.2) is 54.4 Å². The number of piperidine rings is 1. The lowest BCUT2D eigenvalue weighted by Gasteiger charge is -2.29. The summed E-state index contributed by atoms with van der Waals surface area (Å²) in [5, 5.41) is 19.5. The maximum Gasteiger partial charge on any atom is 0.255 e. The third kappa shape index (κ3) is 5.75. The smallest absolute Gasteiger partial charge is 0.255 e. The second-order valence-corrected chi connectivity index (χ2v) is 13.0. The van der Waals surface area contributed by atoms with Gasteiger partial charge >= 0.3 is 0 Å². The third-order valence-corrected chi connectivity index (χ3v) is 9.86. The van der Waals surface area contributed by atoms with E-state index >= 15 is 0 Å². The summed E-state index contributed by atoms with van der Waals surface area (Å²) in [5.74, 6) is -0.319. The van der Waals surface area contributed by atoms with Gasteiger partial charge in [0.05, 0.1) is 47.3 Å². The minimum Gasteiger partial charge on any atom is -0.393 e. The highest BCUT2D eigenvalue weighted by molar-refractivity contribution is 7.13. The van der Waals surface area contributed by atoms with Crippen molar-refractivity contribution in [2.45, 2.75) is 50.9 Å². The molecule has 13 heteroatoms. The van der Waals surface area contributed by atoms with Gasteiger partial charge in [-0.1, -0.05) is 47.5 Å². The quantitative estimate of drug-likeness (QED) is 0.235. The number of hydrogen-bond donors (Lipinski definition) is 1. The van der Waals surface area contributed by atoms with Gasteiger partial charge in [0.15, 0.2) is 0 Å². The van der Waals surface area contributed by atoms with Gasteiger partial charge in [0.1, 0.15) is 11.7 Å². The summed E-state index contributed by atoms with van der Waals surface area (Å²) in [5.41, 5.74) is 4.62. The van der Waals surface area contributed by atoms with Gasteiger partial charge in [-0.3, -0.25) is 4.79 Å². The van der Waals surface area contributed by atoms with Gasteiger partial charge in [-0.25, -0.2) is 14.4 Å². The molecule has 0 aliphatic carbocycles. The zero-order chi connectivity index (χ0) is 30.4. The standard InChI is InChI=1S/C31H30Cl2FN7O2S/c32-25-14-23(20-3-1-19(2-4-20)5-9-38-10-6-22(42)7-11-38)29(33)30-24(25)17-40(37-30)41(31-35-8-12-44-31)28(43)15-26-27-13-21(34)16-39(27)18-36-26/h1-4,8,12,14,17-18,21-22,42H,5-7,9-11,13,15-16H2/t21-/m1/s1. The molecule has 5 aromatic rings. The Morgan fingerprint density at radius 3 is 2.70 bits per heavy atom. The second-order valence-electron chi connectivity index (χ2n) is 11.3. The van der Waals surface area contributed by atoms with Crippen LogP contribution in [0.2, 0.25) is 10.0 Å². The molecule has 2 aliphatic rings. The van der Waals surface area contributed by atoms with Crippen molar-refractivity contribution in [3.8, 4) is 11.1 Å². The van der Waals surface area contributed by atoms with Crippen molar-refractivity contribution < 1.29 is 14.3 Å². The van der Waals surface area contributed by atoms with Crippen LogP contribution >= 0.6 is 34.5 Å². The van der Waals surface area contributed by atoms with Crippen LogP contribution in [-0.4, -0.2) is 72.2 Å². The van der Waals surface area contributed by atoms with Crippen molar-refractivity contribution in [2.75, 3.05) is 24.6 Å². The van der Waals surface area contributed by atoms with Gasteiger partial charge in [0, 0.05) is 54.3 Å². The number of aliphatic hydroxyl groups excluding tert-OH is 1. The maximum absolute atomic E-state index is 14.0. The van der Waals surface area contributed by atoms with Crippen LogP contribution in [-0.2, 0) is 30.6 Å². The maximum atomic E-state index is 14.0. The summed E-state index contributed by atoms with van der Waals surface area (Å²) in [6.45, 7) is 3.06. The van der Waals surface area contributed by atoms with Gasteiger partial charge in [-0.15, -0.1) is 16.4 Å². The number of anilines is 1. The number of nitrogens with zero attached hydrogens (tertiary/aromatic N) is 7. The van der Waals surface area contributed by atoms with Crippen LogP contribution in [0.4, 0.5) is 9.52 Å². The normalized spacial score (nSPS) is 17.4. The summed E-state index contributed by atoms with van der Waals surface area (Å²) in [6, 6.07) is 10.1. The Labute approximate surface area is 267 Å². The van der Waals surface area contributed by atoms with E-state index in [-0.39, 0.29) is 31.4 Å². The van der Waals surface area contributed by atoms with E-state index in [4.69, 9.17) is 28.3 Å². The number of aliphatic hydroxyl groups is 1. The fourth-order valence-corrected chi connectivity index (χ4v) is 7.21. The molecule has 9 nitrogen and oxygen atoms in total. The summed E-state index contributed by atoms with van der Waals surface area (Å²) in [6.07, 6.45) is 6.52. The molecule has 0 radical (unpaired) electrons. The highest BCUT2D eigenvalue weighted by Crippen LogP contribution is 2.38. The predicted octanol–water partition coefficient (Wildman–Crippen LogP) is 5.60. The molecule has 1 N–H and O–H groups in total. The lowest BCUT2D eigenvalue weighted by molar-refractivity contribution is -0.118. The number of amides is 1. The van der Waals surface area contributed by atoms with E-state index in [1.807, 2.05) is 18.2 Å². The molecule has 2 aliphatic heterocycles. The van der Waals surface area contributed by atoms with Crippen molar-refractivity contribution in [3.05, 3.63) is 81.4 Å². The zero-order valence-electron chi connectivity index (χ0n) is 23.7. The highest BCUT2D eigenvalue weighted by atomic mass is 35.5. The summed E-state index contributed by atoms with van der Waals surface area (Å²) in [7, 11) is 0. The van der Waals surface area contributed by atoms with Crippen LogP contribution < -0.4 is 5.01 Å². The number of aromatic nitrogens is 5. The molecule has 0 bridgehead atoms. The van der Waals surface area contributed by atoms with E-state index < -0.39 is 6.17 Å². The first kappa shape index (κ1) is 29.4. The zero-order valence-corrected chi connectivity index (χ0v) is 26.1. The van der Waals surface area contributed by atoms with Crippen LogP contribution in [0.1, 0.15) is 29.8 Å². The molecule has 0 saturated carbocycles. The number of halogens is 3. The van der Waals surface area contributed by atoms with Crippen molar-refractivity contribution >= 4 is 56.5 Å². The Morgan fingerprint density at radius 1 is 1.16 bits per heavy atom. The monoisotopic (exact) mass is 653 g/mol. The van der Waals surface area contributed by atoms with Crippen LogP contribution in [0.25, 0.3) is 22.0 Å². The van der Waals surface area contributed by atoms with Gasteiger partial charge in [0.2, 0.25) is 5.13 Å². The van der Waals surface area contributed by atoms with Gasteiger partial charge in [-0.2, -0.15) is 9.80 Å². The lowest BCUT2D eigenvalue weighted by Crippen LogP contribution is -2.37. The Morgan fingerprint density at radius 2 is 1.95 bits per heavy atom. The first-order valence-electron chi connectivity index (χ1n) is 14.6. The van der Waals surface area contributed by atoms with E-state index in [1.165, 1.54) is 26.7 Å². The first-order valence-corrected chi connectivity index (χ1v) is 16.2. The van der Waals surface area contributed by atoms with Crippen molar-refractivity contribution in [2.24, 2.45) is 0 Å². The minimum absolute atomic E-state index is 0.0381. The van der Waals surface area contributed by atoms with E-state index in [2.05, 4.69) is 27.0 Å². The molecule has 228 valence electrons. The van der Waals surface area contributed by atoms with Gasteiger partial charge < -0.3 is 14.6 Å². The van der Waals surface area contributed by atoms with Gasteiger partial charge in [-0.05, 0) is 36.5 Å². The third-order valence-electron chi connectivity index (χ3n) is 8.42. The number of hydrogen-bond acceptors (Lipinski definition) is 7. The minimum atomic E-state index is -0.974. The van der Waals surface area contributed by atoms with Crippen molar-refractivity contribution in [1.29, 1.82) is 0 Å². The van der Waals surface area contributed by atoms with E-state index in [1.54, 1.807) is 28.7 Å². The molecule has 1 atom stereocenters. The Hall–Kier alpha value is -3.35. The molecule has 2 aromatic carbocycles. The number of alkyl halides is 1. The largest absolute Gasteiger partial charge is 0.393 e. The number of carbonyl (C=O) groups excluding carboxylic acids is 1. The Kier molecular flexibility index (Phi) is 8.15. The number of imidazole rings is 1. The highest BCUT2D eigenvalue weighted by Gasteiger charge is 2.29. The van der Waals surface area contributed by atoms with Crippen LogP contribution in [0.5, 0.6) is 0 Å². The Balaban J connectivity index is 1.15. The molecular formula is C31H30Cl2FN7O2S. The first-order chi connectivity index (χ1) is 21.3. The number of fused-ring (bicyclic) bond motifs is 2. The molecule has 0 spiro atoms. The van der Waals surface area contributed by atoms with Crippen LogP contribution in [0, 0.1) is 0 Å². The molecule has 0 unspecified atom stereocenters. The van der Waals surface area contributed by atoms with E-state index in [0.717, 1.165) is 55.7 Å². The topological polar surface area (TPSA) is 92.3 Å². The number of carbonyl (C=O) groups is 1. The van der Waals surface area contributed by atoms with E-state index in [0.29, 0.717) is 31.8 Å². The Bertz CT molecular complexity index is 1800.